The highest BCUT2D eigenvalue weighted by atomic mass is 32.1. The lowest BCUT2D eigenvalue weighted by atomic mass is 9.70. The Kier molecular flexibility index (Phi) is 9.03. The zero-order chi connectivity index (χ0) is 40.0. The van der Waals surface area contributed by atoms with Gasteiger partial charge in [-0.1, -0.05) is 121 Å². The Balaban J connectivity index is 1.16. The number of anilines is 6. The monoisotopic (exact) mass is 804 g/mol. The molecule has 11 rings (SSSR count). The van der Waals surface area contributed by atoms with Crippen molar-refractivity contribution in [3.05, 3.63) is 241 Å². The van der Waals surface area contributed by atoms with Gasteiger partial charge in [-0.25, -0.2) is 0 Å². The van der Waals surface area contributed by atoms with E-state index in [1.165, 1.54) is 57.0 Å². The van der Waals surface area contributed by atoms with Gasteiger partial charge < -0.3 is 9.80 Å². The molecule has 2 heterocycles. The van der Waals surface area contributed by atoms with Crippen LogP contribution >= 0.6 is 22.7 Å². The number of para-hydroxylation sites is 5. The van der Waals surface area contributed by atoms with Crippen LogP contribution in [0.1, 0.15) is 23.6 Å². The molecule has 11 aromatic rings. The van der Waals surface area contributed by atoms with E-state index in [0.29, 0.717) is 0 Å². The molecule has 2 nitrogen and oxygen atoms in total. The smallest absolute Gasteiger partial charge is 0.0506 e. The fourth-order valence-electron chi connectivity index (χ4n) is 9.00. The standard InChI is InChI=1S/C56H40N2S2/c1-56(39-30-33-53-47(36-39)46-26-14-17-29-52(46)59-53,50-27-15-16-28-51(50)58(43-22-10-4-11-23-43)44-24-12-5-13-25-44)40-31-34-54-48(37-40)49-38-45(32-35-55(49)60-54)57(41-18-6-2-7-19-41)42-20-8-3-9-21-42/h2-38H,1H3. The third-order valence-electron chi connectivity index (χ3n) is 12.0. The highest BCUT2D eigenvalue weighted by Crippen LogP contribution is 2.50. The maximum atomic E-state index is 2.48. The average molecular weight is 805 g/mol. The van der Waals surface area contributed by atoms with Crippen molar-refractivity contribution in [3.8, 4) is 0 Å². The lowest BCUT2D eigenvalue weighted by Crippen LogP contribution is -2.28. The molecule has 0 saturated carbocycles. The summed E-state index contributed by atoms with van der Waals surface area (Å²) < 4.78 is 5.17. The van der Waals surface area contributed by atoms with E-state index >= 15 is 0 Å². The van der Waals surface area contributed by atoms with Crippen LogP contribution in [0, 0.1) is 0 Å². The van der Waals surface area contributed by atoms with Gasteiger partial charge in [0.15, 0.2) is 0 Å². The van der Waals surface area contributed by atoms with Gasteiger partial charge in [0, 0.05) is 74.2 Å². The summed E-state index contributed by atoms with van der Waals surface area (Å²) in [6.07, 6.45) is 0. The SMILES string of the molecule is CC(c1ccc2sc3ccccc3c2c1)(c1ccc2sc3ccc(N(c4ccccc4)c4ccccc4)cc3c2c1)c1ccccc1N(c1ccccc1)c1ccccc1. The molecule has 0 spiro atoms. The molecule has 0 fully saturated rings. The molecule has 4 heteroatoms. The summed E-state index contributed by atoms with van der Waals surface area (Å²) >= 11 is 3.74. The molecule has 1 unspecified atom stereocenters. The maximum absolute atomic E-state index is 2.48. The largest absolute Gasteiger partial charge is 0.310 e. The first-order valence-electron chi connectivity index (χ1n) is 20.4. The third kappa shape index (κ3) is 6.15. The molecule has 286 valence electrons. The summed E-state index contributed by atoms with van der Waals surface area (Å²) in [5, 5.41) is 5.13. The van der Waals surface area contributed by atoms with Crippen molar-refractivity contribution >= 4 is 97.1 Å². The Morgan fingerprint density at radius 3 is 1.27 bits per heavy atom. The fraction of sp³-hybridized carbons (Fsp3) is 0.0357. The minimum Gasteiger partial charge on any atom is -0.310 e. The zero-order valence-electron chi connectivity index (χ0n) is 33.1. The second kappa shape index (κ2) is 15.0. The lowest BCUT2D eigenvalue weighted by Gasteiger charge is -2.37. The third-order valence-corrected chi connectivity index (χ3v) is 14.3. The topological polar surface area (TPSA) is 6.48 Å². The fourth-order valence-corrected chi connectivity index (χ4v) is 11.2. The summed E-state index contributed by atoms with van der Waals surface area (Å²) in [6, 6.07) is 82.1. The summed E-state index contributed by atoms with van der Waals surface area (Å²) in [7, 11) is 0. The first-order chi connectivity index (χ1) is 29.6. The highest BCUT2D eigenvalue weighted by Gasteiger charge is 2.36. The molecule has 0 saturated heterocycles. The van der Waals surface area contributed by atoms with Gasteiger partial charge in [0.1, 0.15) is 0 Å². The zero-order valence-corrected chi connectivity index (χ0v) is 34.7. The summed E-state index contributed by atoms with van der Waals surface area (Å²) in [6.45, 7) is 2.43. The number of benzene rings is 9. The summed E-state index contributed by atoms with van der Waals surface area (Å²) in [4.78, 5) is 4.77. The molecule has 0 N–H and O–H groups in total. The predicted octanol–water partition coefficient (Wildman–Crippen LogP) is 16.7. The van der Waals surface area contributed by atoms with E-state index in [4.69, 9.17) is 0 Å². The molecule has 0 bridgehead atoms. The summed E-state index contributed by atoms with van der Waals surface area (Å²) in [5.74, 6) is 0. The molecular formula is C56H40N2S2. The number of hydrogen-bond acceptors (Lipinski definition) is 4. The average Bonchev–Trinajstić information content (AvgIpc) is 3.88. The van der Waals surface area contributed by atoms with Gasteiger partial charge in [0.05, 0.1) is 5.69 Å². The van der Waals surface area contributed by atoms with E-state index in [0.717, 1.165) is 34.1 Å². The van der Waals surface area contributed by atoms with Gasteiger partial charge in [-0.05, 0) is 127 Å². The van der Waals surface area contributed by atoms with E-state index in [-0.39, 0.29) is 0 Å². The Labute approximate surface area is 358 Å². The van der Waals surface area contributed by atoms with E-state index in [9.17, 15) is 0 Å². The van der Waals surface area contributed by atoms with Crippen molar-refractivity contribution < 1.29 is 0 Å². The molecule has 0 amide bonds. The van der Waals surface area contributed by atoms with Gasteiger partial charge in [-0.15, -0.1) is 22.7 Å². The minimum atomic E-state index is -0.560. The second-order valence-electron chi connectivity index (χ2n) is 15.5. The number of thiophene rings is 2. The predicted molar refractivity (Wildman–Crippen MR) is 260 cm³/mol. The Morgan fingerprint density at radius 1 is 0.317 bits per heavy atom. The van der Waals surface area contributed by atoms with E-state index < -0.39 is 5.41 Å². The van der Waals surface area contributed by atoms with E-state index in [1.54, 1.807) is 0 Å². The Hall–Kier alpha value is -6.98. The first-order valence-corrected chi connectivity index (χ1v) is 22.1. The van der Waals surface area contributed by atoms with E-state index in [2.05, 4.69) is 241 Å². The number of nitrogens with zero attached hydrogens (tertiary/aromatic N) is 2. The van der Waals surface area contributed by atoms with Crippen molar-refractivity contribution in [1.82, 2.24) is 0 Å². The van der Waals surface area contributed by atoms with Gasteiger partial charge in [-0.2, -0.15) is 0 Å². The highest BCUT2D eigenvalue weighted by molar-refractivity contribution is 7.26. The summed E-state index contributed by atoms with van der Waals surface area (Å²) in [5.41, 5.74) is 9.95. The molecule has 0 aliphatic rings. The van der Waals surface area contributed by atoms with Gasteiger partial charge >= 0.3 is 0 Å². The molecule has 2 aromatic heterocycles. The molecular weight excluding hydrogens is 765 g/mol. The molecule has 1 atom stereocenters. The van der Waals surface area contributed by atoms with Crippen LogP contribution in [0.15, 0.2) is 224 Å². The van der Waals surface area contributed by atoms with Crippen LogP contribution in [-0.2, 0) is 5.41 Å². The van der Waals surface area contributed by atoms with Crippen molar-refractivity contribution in [2.75, 3.05) is 9.80 Å². The quantitative estimate of drug-likeness (QED) is 0.134. The van der Waals surface area contributed by atoms with Crippen molar-refractivity contribution in [2.24, 2.45) is 0 Å². The molecule has 0 aliphatic heterocycles. The van der Waals surface area contributed by atoms with Crippen LogP contribution in [-0.4, -0.2) is 0 Å². The van der Waals surface area contributed by atoms with Crippen LogP contribution < -0.4 is 9.80 Å². The molecule has 60 heavy (non-hydrogen) atoms. The van der Waals surface area contributed by atoms with Crippen molar-refractivity contribution in [1.29, 1.82) is 0 Å². The Morgan fingerprint density at radius 2 is 0.717 bits per heavy atom. The number of hydrogen-bond donors (Lipinski definition) is 0. The van der Waals surface area contributed by atoms with Crippen molar-refractivity contribution in [3.63, 3.8) is 0 Å². The van der Waals surface area contributed by atoms with Gasteiger partial charge in [0.25, 0.3) is 0 Å². The number of fused-ring (bicyclic) bond motifs is 6. The molecule has 0 aliphatic carbocycles. The Bertz CT molecular complexity index is 3200. The molecule has 9 aromatic carbocycles. The van der Waals surface area contributed by atoms with E-state index in [1.807, 2.05) is 22.7 Å². The normalized spacial score (nSPS) is 12.6. The lowest BCUT2D eigenvalue weighted by molar-refractivity contribution is 0.695. The van der Waals surface area contributed by atoms with Gasteiger partial charge in [-0.3, -0.25) is 0 Å². The van der Waals surface area contributed by atoms with Crippen LogP contribution in [0.25, 0.3) is 40.3 Å². The second-order valence-corrected chi connectivity index (χ2v) is 17.6. The minimum absolute atomic E-state index is 0.560. The maximum Gasteiger partial charge on any atom is 0.0506 e. The van der Waals surface area contributed by atoms with Crippen LogP contribution in [0.3, 0.4) is 0 Å². The molecule has 0 radical (unpaired) electrons. The van der Waals surface area contributed by atoms with Crippen molar-refractivity contribution in [2.45, 2.75) is 12.3 Å². The van der Waals surface area contributed by atoms with Gasteiger partial charge in [0.2, 0.25) is 0 Å². The van der Waals surface area contributed by atoms with Crippen LogP contribution in [0.5, 0.6) is 0 Å². The first kappa shape index (κ1) is 36.1. The van der Waals surface area contributed by atoms with Crippen LogP contribution in [0.4, 0.5) is 34.1 Å². The van der Waals surface area contributed by atoms with Crippen LogP contribution in [0.2, 0.25) is 0 Å². The number of rotatable bonds is 9.